The Labute approximate surface area is 299 Å². The molecule has 6 nitrogen and oxygen atoms in total. The normalized spacial score (nSPS) is 14.5. The maximum Gasteiger partial charge on any atom is 0.338 e. The number of rotatable bonds is 9. The van der Waals surface area contributed by atoms with Crippen LogP contribution in [0, 0.1) is 0 Å². The highest BCUT2D eigenvalue weighted by Crippen LogP contribution is 2.36. The highest BCUT2D eigenvalue weighted by Gasteiger charge is 2.35. The first-order valence-electron chi connectivity index (χ1n) is 16.6. The second kappa shape index (κ2) is 14.3. The zero-order chi connectivity index (χ0) is 34.8. The van der Waals surface area contributed by atoms with E-state index in [9.17, 15) is 9.59 Å². The molecule has 0 unspecified atom stereocenters. The molecule has 7 rings (SSSR count). The fraction of sp³-hybridized carbons (Fsp3) is 0.167. The van der Waals surface area contributed by atoms with Gasteiger partial charge in [-0.3, -0.25) is 9.36 Å². The monoisotopic (exact) mass is 698 g/mol. The fourth-order valence-corrected chi connectivity index (χ4v) is 7.47. The molecule has 0 saturated heterocycles. The second-order valence-corrected chi connectivity index (χ2v) is 13.8. The highest BCUT2D eigenvalue weighted by atomic mass is 35.5. The number of thiazole rings is 1. The van der Waals surface area contributed by atoms with Crippen LogP contribution in [0.1, 0.15) is 60.5 Å². The second-order valence-electron chi connectivity index (χ2n) is 12.4. The largest absolute Gasteiger partial charge is 0.488 e. The predicted molar refractivity (Wildman–Crippen MR) is 201 cm³/mol. The minimum absolute atomic E-state index is 0.185. The standard InChI is InChI=1S/C42H35ClN2O4S/c1-4-48-41(47)37-38(29-12-6-5-7-13-29)44-42-45(39(37)30-19-17-27(18-20-30)26(2)3)40(46)36(50-42)24-32-23-33(43)21-22-35(32)49-25-31-15-10-14-28-11-8-9-16-34(28)31/h5-24,26,39H,4,25H2,1-3H3/b36-24-/t39-/m0/s1. The van der Waals surface area contributed by atoms with E-state index in [4.69, 9.17) is 26.1 Å². The quantitative estimate of drug-likeness (QED) is 0.142. The summed E-state index contributed by atoms with van der Waals surface area (Å²) in [6.45, 7) is 6.55. The van der Waals surface area contributed by atoms with Gasteiger partial charge in [0.2, 0.25) is 0 Å². The maximum atomic E-state index is 14.5. The highest BCUT2D eigenvalue weighted by molar-refractivity contribution is 7.07. The number of halogens is 1. The van der Waals surface area contributed by atoms with Crippen molar-refractivity contribution in [1.82, 2.24) is 4.57 Å². The molecule has 0 N–H and O–H groups in total. The van der Waals surface area contributed by atoms with E-state index in [1.807, 2.05) is 78.9 Å². The van der Waals surface area contributed by atoms with Crippen LogP contribution in [-0.4, -0.2) is 17.1 Å². The molecule has 0 spiro atoms. The molecule has 1 aliphatic rings. The maximum absolute atomic E-state index is 14.5. The lowest BCUT2D eigenvalue weighted by Crippen LogP contribution is -2.40. The molecule has 0 fully saturated rings. The number of ether oxygens (including phenoxy) is 2. The van der Waals surface area contributed by atoms with E-state index in [1.165, 1.54) is 11.3 Å². The molecule has 0 saturated carbocycles. The van der Waals surface area contributed by atoms with Crippen LogP contribution in [0.15, 0.2) is 131 Å². The van der Waals surface area contributed by atoms with E-state index in [1.54, 1.807) is 29.7 Å². The Morgan fingerprint density at radius 1 is 0.940 bits per heavy atom. The van der Waals surface area contributed by atoms with E-state index in [0.29, 0.717) is 49.5 Å². The molecular weight excluding hydrogens is 664 g/mol. The third-order valence-corrected chi connectivity index (χ3v) is 10.0. The van der Waals surface area contributed by atoms with Crippen molar-refractivity contribution in [3.05, 3.63) is 173 Å². The summed E-state index contributed by atoms with van der Waals surface area (Å²) in [6.07, 6.45) is 1.79. The summed E-state index contributed by atoms with van der Waals surface area (Å²) < 4.78 is 14.0. The lowest BCUT2D eigenvalue weighted by molar-refractivity contribution is -0.138. The third kappa shape index (κ3) is 6.54. The average Bonchev–Trinajstić information content (AvgIpc) is 3.44. The van der Waals surface area contributed by atoms with Crippen LogP contribution in [0.3, 0.4) is 0 Å². The minimum Gasteiger partial charge on any atom is -0.488 e. The van der Waals surface area contributed by atoms with E-state index < -0.39 is 12.0 Å². The summed E-state index contributed by atoms with van der Waals surface area (Å²) in [5.41, 5.74) is 4.93. The molecule has 6 aromatic rings. The number of benzene rings is 5. The van der Waals surface area contributed by atoms with E-state index in [0.717, 1.165) is 33.0 Å². The Morgan fingerprint density at radius 2 is 1.68 bits per heavy atom. The number of fused-ring (bicyclic) bond motifs is 2. The summed E-state index contributed by atoms with van der Waals surface area (Å²) in [5.74, 6) is 0.396. The SMILES string of the molecule is CCOC(=O)C1=C(c2ccccc2)N=c2s/c(=C\c3cc(Cl)ccc3OCc3cccc4ccccc34)c(=O)n2[C@H]1c1ccc(C(C)C)cc1. The average molecular weight is 699 g/mol. The predicted octanol–water partition coefficient (Wildman–Crippen LogP) is 8.44. The van der Waals surface area contributed by atoms with Crippen LogP contribution in [0.4, 0.5) is 0 Å². The van der Waals surface area contributed by atoms with E-state index in [2.05, 4.69) is 38.1 Å². The molecular formula is C42H35ClN2O4S. The summed E-state index contributed by atoms with van der Waals surface area (Å²) >= 11 is 7.76. The van der Waals surface area contributed by atoms with Crippen molar-refractivity contribution in [1.29, 1.82) is 0 Å². The van der Waals surface area contributed by atoms with Crippen molar-refractivity contribution < 1.29 is 14.3 Å². The van der Waals surface area contributed by atoms with Gasteiger partial charge in [0.1, 0.15) is 12.4 Å². The van der Waals surface area contributed by atoms with Gasteiger partial charge in [0.15, 0.2) is 4.80 Å². The summed E-state index contributed by atoms with van der Waals surface area (Å²) in [6, 6.07) is 36.6. The van der Waals surface area contributed by atoms with Gasteiger partial charge >= 0.3 is 5.97 Å². The zero-order valence-electron chi connectivity index (χ0n) is 27.9. The van der Waals surface area contributed by atoms with Crippen molar-refractivity contribution in [3.8, 4) is 5.75 Å². The zero-order valence-corrected chi connectivity index (χ0v) is 29.5. The Morgan fingerprint density at radius 3 is 2.44 bits per heavy atom. The van der Waals surface area contributed by atoms with Crippen LogP contribution >= 0.6 is 22.9 Å². The first-order chi connectivity index (χ1) is 24.3. The third-order valence-electron chi connectivity index (χ3n) is 8.81. The van der Waals surface area contributed by atoms with Gasteiger partial charge in [-0.15, -0.1) is 0 Å². The van der Waals surface area contributed by atoms with Crippen molar-refractivity contribution in [2.75, 3.05) is 6.61 Å². The lowest BCUT2D eigenvalue weighted by Gasteiger charge is -2.26. The first kappa shape index (κ1) is 33.3. The van der Waals surface area contributed by atoms with Gasteiger partial charge in [0.05, 0.1) is 28.5 Å². The Kier molecular flexibility index (Phi) is 9.52. The molecule has 50 heavy (non-hydrogen) atoms. The van der Waals surface area contributed by atoms with Gasteiger partial charge in [-0.2, -0.15) is 0 Å². The molecule has 5 aromatic carbocycles. The number of nitrogens with zero attached hydrogens (tertiary/aromatic N) is 2. The van der Waals surface area contributed by atoms with Crippen LogP contribution in [-0.2, 0) is 16.1 Å². The number of hydrogen-bond acceptors (Lipinski definition) is 6. The first-order valence-corrected chi connectivity index (χ1v) is 17.8. The molecule has 8 heteroatoms. The van der Waals surface area contributed by atoms with Gasteiger partial charge in [0.25, 0.3) is 5.56 Å². The fourth-order valence-electron chi connectivity index (χ4n) is 6.30. The van der Waals surface area contributed by atoms with Gasteiger partial charge in [-0.1, -0.05) is 134 Å². The number of carbonyl (C=O) groups excluding carboxylic acids is 1. The van der Waals surface area contributed by atoms with Crippen LogP contribution < -0.4 is 19.6 Å². The molecule has 1 aliphatic heterocycles. The Hall–Kier alpha value is -5.24. The summed E-state index contributed by atoms with van der Waals surface area (Å²) in [7, 11) is 0. The molecule has 0 radical (unpaired) electrons. The Balaban J connectivity index is 1.38. The van der Waals surface area contributed by atoms with Crippen LogP contribution in [0.5, 0.6) is 5.75 Å². The summed E-state index contributed by atoms with van der Waals surface area (Å²) in [4.78, 5) is 33.8. The molecule has 0 aliphatic carbocycles. The number of esters is 1. The molecule has 0 amide bonds. The van der Waals surface area contributed by atoms with Crippen molar-refractivity contribution in [3.63, 3.8) is 0 Å². The van der Waals surface area contributed by atoms with Gasteiger partial charge in [0, 0.05) is 16.1 Å². The molecule has 1 aromatic heterocycles. The van der Waals surface area contributed by atoms with Crippen molar-refractivity contribution >= 4 is 51.5 Å². The van der Waals surface area contributed by atoms with Gasteiger partial charge in [-0.05, 0) is 64.6 Å². The smallest absolute Gasteiger partial charge is 0.338 e. The molecule has 2 heterocycles. The lowest BCUT2D eigenvalue weighted by atomic mass is 9.91. The molecule has 250 valence electrons. The molecule has 0 bridgehead atoms. The summed E-state index contributed by atoms with van der Waals surface area (Å²) in [5, 5.41) is 2.77. The Bertz CT molecular complexity index is 2420. The topological polar surface area (TPSA) is 69.9 Å². The van der Waals surface area contributed by atoms with Gasteiger partial charge < -0.3 is 9.47 Å². The van der Waals surface area contributed by atoms with Crippen molar-refractivity contribution in [2.45, 2.75) is 39.3 Å². The molecule has 1 atom stereocenters. The van der Waals surface area contributed by atoms with Crippen LogP contribution in [0.25, 0.3) is 22.5 Å². The number of aromatic nitrogens is 1. The van der Waals surface area contributed by atoms with E-state index >= 15 is 0 Å². The number of hydrogen-bond donors (Lipinski definition) is 0. The number of carbonyl (C=O) groups is 1. The van der Waals surface area contributed by atoms with Crippen molar-refractivity contribution in [2.24, 2.45) is 4.99 Å². The van der Waals surface area contributed by atoms with Gasteiger partial charge in [-0.25, -0.2) is 9.79 Å². The minimum atomic E-state index is -0.759. The van der Waals surface area contributed by atoms with E-state index in [-0.39, 0.29) is 12.2 Å². The van der Waals surface area contributed by atoms with Crippen LogP contribution in [0.2, 0.25) is 5.02 Å².